The van der Waals surface area contributed by atoms with E-state index in [1.165, 1.54) is 0 Å². The molecule has 3 heterocycles. The van der Waals surface area contributed by atoms with Gasteiger partial charge < -0.3 is 19.9 Å². The van der Waals surface area contributed by atoms with Crippen molar-refractivity contribution < 1.29 is 19.1 Å². The fraction of sp³-hybridized carbons (Fsp3) is 0.476. The van der Waals surface area contributed by atoms with Crippen LogP contribution < -0.4 is 15.5 Å². The average molecular weight is 441 g/mol. The van der Waals surface area contributed by atoms with Gasteiger partial charge in [-0.15, -0.1) is 5.10 Å². The van der Waals surface area contributed by atoms with Gasteiger partial charge >= 0.3 is 6.09 Å². The molecule has 170 valence electrons. The summed E-state index contributed by atoms with van der Waals surface area (Å²) in [4.78, 5) is 45.0. The maximum Gasteiger partial charge on any atom is 0.410 e. The van der Waals surface area contributed by atoms with Gasteiger partial charge in [-0.25, -0.2) is 9.89 Å². The van der Waals surface area contributed by atoms with Gasteiger partial charge in [0, 0.05) is 38.3 Å². The molecular formula is C21H27N7O4. The van der Waals surface area contributed by atoms with E-state index in [4.69, 9.17) is 4.74 Å². The van der Waals surface area contributed by atoms with Crippen molar-refractivity contribution in [2.24, 2.45) is 0 Å². The number of amides is 3. The molecule has 0 saturated carbocycles. The molecule has 11 heteroatoms. The van der Waals surface area contributed by atoms with Crippen LogP contribution in [0.25, 0.3) is 0 Å². The topological polar surface area (TPSA) is 133 Å². The van der Waals surface area contributed by atoms with Gasteiger partial charge in [-0.1, -0.05) is 18.2 Å². The Morgan fingerprint density at radius 2 is 1.88 bits per heavy atom. The summed E-state index contributed by atoms with van der Waals surface area (Å²) in [7, 11) is 0. The first kappa shape index (κ1) is 21.6. The fourth-order valence-corrected chi connectivity index (χ4v) is 3.71. The molecule has 1 fully saturated rings. The molecule has 1 aromatic heterocycles. The molecule has 2 aliphatic heterocycles. The minimum Gasteiger partial charge on any atom is -0.444 e. The number of carbonyl (C=O) groups is 3. The lowest BCUT2D eigenvalue weighted by Gasteiger charge is -2.35. The lowest BCUT2D eigenvalue weighted by molar-refractivity contribution is -0.123. The zero-order valence-corrected chi connectivity index (χ0v) is 18.3. The quantitative estimate of drug-likeness (QED) is 0.663. The van der Waals surface area contributed by atoms with E-state index in [0.29, 0.717) is 37.8 Å². The van der Waals surface area contributed by atoms with E-state index in [0.717, 1.165) is 5.56 Å². The maximum atomic E-state index is 12.8. The summed E-state index contributed by atoms with van der Waals surface area (Å²) >= 11 is 0. The third kappa shape index (κ3) is 4.82. The number of aromatic amines is 1. The summed E-state index contributed by atoms with van der Waals surface area (Å²) in [5, 5.41) is 12.4. The number of nitrogens with zero attached hydrogens (tertiary/aromatic N) is 4. The van der Waals surface area contributed by atoms with Crippen LogP contribution in [0.5, 0.6) is 0 Å². The number of aromatic nitrogens is 3. The number of carbonyl (C=O) groups excluding carboxylic acids is 3. The van der Waals surface area contributed by atoms with Crippen molar-refractivity contribution in [1.82, 2.24) is 20.1 Å². The Morgan fingerprint density at radius 1 is 1.16 bits per heavy atom. The Bertz CT molecular complexity index is 1020. The molecule has 4 rings (SSSR count). The van der Waals surface area contributed by atoms with Crippen LogP contribution in [-0.2, 0) is 14.3 Å². The van der Waals surface area contributed by atoms with Gasteiger partial charge in [0.2, 0.25) is 23.7 Å². The number of H-pyrrole nitrogens is 1. The summed E-state index contributed by atoms with van der Waals surface area (Å²) in [6.07, 6.45) is -0.270. The predicted molar refractivity (Wildman–Crippen MR) is 117 cm³/mol. The largest absolute Gasteiger partial charge is 0.444 e. The Morgan fingerprint density at radius 3 is 2.59 bits per heavy atom. The number of nitrogens with one attached hydrogen (secondary N) is 3. The van der Waals surface area contributed by atoms with Crippen LogP contribution in [0.2, 0.25) is 0 Å². The lowest BCUT2D eigenvalue weighted by atomic mass is 9.90. The van der Waals surface area contributed by atoms with Crippen molar-refractivity contribution in [2.45, 2.75) is 38.7 Å². The molecule has 0 aliphatic carbocycles. The monoisotopic (exact) mass is 441 g/mol. The van der Waals surface area contributed by atoms with Crippen molar-refractivity contribution >= 4 is 35.5 Å². The second-order valence-corrected chi connectivity index (χ2v) is 8.82. The Labute approximate surface area is 185 Å². The number of piperazine rings is 1. The number of hydrogen-bond acceptors (Lipinski definition) is 7. The van der Waals surface area contributed by atoms with Gasteiger partial charge in [0.15, 0.2) is 0 Å². The number of fused-ring (bicyclic) bond motifs is 1. The van der Waals surface area contributed by atoms with Gasteiger partial charge in [-0.05, 0) is 32.4 Å². The molecule has 3 amide bonds. The van der Waals surface area contributed by atoms with Gasteiger partial charge in [-0.3, -0.25) is 14.9 Å². The van der Waals surface area contributed by atoms with E-state index >= 15 is 0 Å². The minimum atomic E-state index is -0.606. The van der Waals surface area contributed by atoms with Crippen molar-refractivity contribution in [1.29, 1.82) is 0 Å². The van der Waals surface area contributed by atoms with E-state index in [9.17, 15) is 14.4 Å². The van der Waals surface area contributed by atoms with E-state index in [1.54, 1.807) is 11.0 Å². The van der Waals surface area contributed by atoms with Crippen LogP contribution in [0, 0.1) is 0 Å². The van der Waals surface area contributed by atoms with E-state index in [2.05, 4.69) is 25.8 Å². The zero-order valence-electron chi connectivity index (χ0n) is 18.3. The smallest absolute Gasteiger partial charge is 0.410 e. The van der Waals surface area contributed by atoms with Crippen LogP contribution in [0.1, 0.15) is 38.7 Å². The first-order valence-electron chi connectivity index (χ1n) is 10.5. The molecule has 3 N–H and O–H groups in total. The summed E-state index contributed by atoms with van der Waals surface area (Å²) in [6.45, 7) is 7.56. The lowest BCUT2D eigenvalue weighted by Crippen LogP contribution is -2.50. The Balaban J connectivity index is 1.36. The third-order valence-corrected chi connectivity index (χ3v) is 5.25. The fourth-order valence-electron chi connectivity index (χ4n) is 3.71. The van der Waals surface area contributed by atoms with Crippen LogP contribution in [0.4, 0.5) is 22.4 Å². The van der Waals surface area contributed by atoms with Crippen molar-refractivity contribution in [2.75, 3.05) is 41.7 Å². The van der Waals surface area contributed by atoms with Gasteiger partial charge in [0.05, 0.1) is 5.92 Å². The molecule has 1 unspecified atom stereocenters. The van der Waals surface area contributed by atoms with E-state index in [1.807, 2.05) is 43.9 Å². The third-order valence-electron chi connectivity index (χ3n) is 5.25. The highest BCUT2D eigenvalue weighted by Gasteiger charge is 2.31. The van der Waals surface area contributed by atoms with Crippen molar-refractivity contribution in [3.8, 4) is 0 Å². The second-order valence-electron chi connectivity index (χ2n) is 8.82. The number of ether oxygens (including phenoxy) is 1. The highest BCUT2D eigenvalue weighted by atomic mass is 16.6. The van der Waals surface area contributed by atoms with Crippen LogP contribution in [-0.4, -0.2) is 69.8 Å². The van der Waals surface area contributed by atoms with Gasteiger partial charge in [0.25, 0.3) is 0 Å². The highest BCUT2D eigenvalue weighted by molar-refractivity contribution is 6.04. The van der Waals surface area contributed by atoms with Gasteiger partial charge in [-0.2, -0.15) is 4.98 Å². The number of rotatable bonds is 3. The number of hydrogen-bond donors (Lipinski definition) is 3. The summed E-state index contributed by atoms with van der Waals surface area (Å²) in [6, 6.07) is 7.25. The zero-order chi connectivity index (χ0) is 22.9. The molecule has 0 bridgehead atoms. The standard InChI is InChI=1S/C21H27N7O4/c1-21(2,3)32-20(31)28-10-8-27(9-11-28)19-24-18(25-26-19)23-17(30)14-12-16(29)22-15-7-5-4-6-13(14)15/h4-7,14H,8-12H2,1-3H3,(H,22,29)(H2,23,24,25,26,30). The summed E-state index contributed by atoms with van der Waals surface area (Å²) < 4.78 is 5.41. The Kier molecular flexibility index (Phi) is 5.72. The van der Waals surface area contributed by atoms with Gasteiger partial charge in [0.1, 0.15) is 5.60 Å². The Hall–Kier alpha value is -3.63. The molecule has 1 atom stereocenters. The summed E-state index contributed by atoms with van der Waals surface area (Å²) in [5.74, 6) is -0.491. The maximum absolute atomic E-state index is 12.8. The highest BCUT2D eigenvalue weighted by Crippen LogP contribution is 2.32. The number of benzene rings is 1. The molecule has 0 radical (unpaired) electrons. The van der Waals surface area contributed by atoms with Crippen LogP contribution >= 0.6 is 0 Å². The second kappa shape index (κ2) is 8.48. The van der Waals surface area contributed by atoms with Crippen molar-refractivity contribution in [3.05, 3.63) is 29.8 Å². The predicted octanol–water partition coefficient (Wildman–Crippen LogP) is 1.93. The first-order chi connectivity index (χ1) is 15.2. The van der Waals surface area contributed by atoms with Crippen LogP contribution in [0.15, 0.2) is 24.3 Å². The molecule has 11 nitrogen and oxygen atoms in total. The minimum absolute atomic E-state index is 0.0659. The van der Waals surface area contributed by atoms with E-state index < -0.39 is 11.5 Å². The summed E-state index contributed by atoms with van der Waals surface area (Å²) in [5.41, 5.74) is 0.873. The molecular weight excluding hydrogens is 414 g/mol. The van der Waals surface area contributed by atoms with Crippen molar-refractivity contribution in [3.63, 3.8) is 0 Å². The molecule has 32 heavy (non-hydrogen) atoms. The molecule has 1 aromatic carbocycles. The number of para-hydroxylation sites is 1. The normalized spacial score (nSPS) is 18.6. The average Bonchev–Trinajstić information content (AvgIpc) is 3.20. The molecule has 2 aliphatic rings. The number of anilines is 3. The van der Waals surface area contributed by atoms with E-state index in [-0.39, 0.29) is 30.3 Å². The molecule has 1 saturated heterocycles. The van der Waals surface area contributed by atoms with Crippen LogP contribution in [0.3, 0.4) is 0 Å². The molecule has 2 aromatic rings. The SMILES string of the molecule is CC(C)(C)OC(=O)N1CCN(c2n[nH]c(NC(=O)C3CC(=O)Nc4ccccc43)n2)CC1. The molecule has 0 spiro atoms. The first-order valence-corrected chi connectivity index (χ1v) is 10.5.